The highest BCUT2D eigenvalue weighted by atomic mass is 14.6. The summed E-state index contributed by atoms with van der Waals surface area (Å²) in [6.45, 7) is 8.61. The molecule has 0 atom stereocenters. The van der Waals surface area contributed by atoms with Gasteiger partial charge in [-0.15, -0.1) is 12.3 Å². The van der Waals surface area contributed by atoms with E-state index in [1.165, 1.54) is 0 Å². The second-order valence-corrected chi connectivity index (χ2v) is 5.69. The first kappa shape index (κ1) is 17.3. The van der Waals surface area contributed by atoms with Crippen LogP contribution in [0.25, 0.3) is 0 Å². The van der Waals surface area contributed by atoms with Crippen molar-refractivity contribution in [2.24, 2.45) is 17.6 Å². The SMILES string of the molecule is C#CC/C(CC(C)C)=C(N)\C(=C/CC#N)CC(C)C. The molecule has 0 aromatic heterocycles. The number of hydrogen-bond acceptors (Lipinski definition) is 2. The van der Waals surface area contributed by atoms with E-state index in [1.807, 2.05) is 6.08 Å². The monoisotopic (exact) mass is 258 g/mol. The fourth-order valence-electron chi connectivity index (χ4n) is 2.03. The van der Waals surface area contributed by atoms with Crippen molar-refractivity contribution in [1.82, 2.24) is 0 Å². The largest absolute Gasteiger partial charge is 0.399 e. The number of nitriles is 1. The highest BCUT2D eigenvalue weighted by molar-refractivity contribution is 5.35. The Morgan fingerprint density at radius 2 is 1.79 bits per heavy atom. The van der Waals surface area contributed by atoms with Crippen molar-refractivity contribution in [2.75, 3.05) is 0 Å². The van der Waals surface area contributed by atoms with Crippen LogP contribution < -0.4 is 5.73 Å². The summed E-state index contributed by atoms with van der Waals surface area (Å²) in [5, 5.41) is 8.73. The molecule has 104 valence electrons. The Morgan fingerprint density at radius 1 is 1.21 bits per heavy atom. The van der Waals surface area contributed by atoms with E-state index < -0.39 is 0 Å². The quantitative estimate of drug-likeness (QED) is 0.550. The van der Waals surface area contributed by atoms with Crippen molar-refractivity contribution in [3.8, 4) is 18.4 Å². The van der Waals surface area contributed by atoms with E-state index in [0.717, 1.165) is 29.7 Å². The highest BCUT2D eigenvalue weighted by Gasteiger charge is 2.11. The third kappa shape index (κ3) is 7.37. The van der Waals surface area contributed by atoms with Gasteiger partial charge in [0.1, 0.15) is 0 Å². The van der Waals surface area contributed by atoms with Crippen LogP contribution in [0.4, 0.5) is 0 Å². The zero-order valence-corrected chi connectivity index (χ0v) is 12.7. The molecule has 0 spiro atoms. The molecule has 0 aliphatic heterocycles. The molecule has 2 N–H and O–H groups in total. The van der Waals surface area contributed by atoms with E-state index in [9.17, 15) is 0 Å². The molecule has 0 saturated heterocycles. The molecule has 0 heterocycles. The van der Waals surface area contributed by atoms with Gasteiger partial charge in [0.15, 0.2) is 0 Å². The van der Waals surface area contributed by atoms with E-state index in [2.05, 4.69) is 39.7 Å². The molecule has 0 amide bonds. The van der Waals surface area contributed by atoms with Crippen molar-refractivity contribution in [3.05, 3.63) is 22.9 Å². The van der Waals surface area contributed by atoms with E-state index in [1.54, 1.807) is 0 Å². The molecule has 0 radical (unpaired) electrons. The molecule has 0 fully saturated rings. The lowest BCUT2D eigenvalue weighted by Crippen LogP contribution is -2.10. The molecule has 0 aliphatic carbocycles. The summed E-state index contributed by atoms with van der Waals surface area (Å²) in [6.07, 6.45) is 10.2. The number of terminal acetylenes is 1. The normalized spacial score (nSPS) is 13.2. The molecular weight excluding hydrogens is 232 g/mol. The first-order valence-corrected chi connectivity index (χ1v) is 6.89. The van der Waals surface area contributed by atoms with Gasteiger partial charge >= 0.3 is 0 Å². The minimum Gasteiger partial charge on any atom is -0.399 e. The average Bonchev–Trinajstić information content (AvgIpc) is 2.32. The van der Waals surface area contributed by atoms with E-state index in [4.69, 9.17) is 17.4 Å². The Kier molecular flexibility index (Phi) is 8.47. The van der Waals surface area contributed by atoms with Crippen LogP contribution in [0.5, 0.6) is 0 Å². The maximum Gasteiger partial charge on any atom is 0.0663 e. The summed E-state index contributed by atoms with van der Waals surface area (Å²) >= 11 is 0. The zero-order chi connectivity index (χ0) is 14.8. The number of nitrogens with two attached hydrogens (primary N) is 1. The third-order valence-corrected chi connectivity index (χ3v) is 2.76. The van der Waals surface area contributed by atoms with Crippen LogP contribution in [0.1, 0.15) is 53.4 Å². The maximum absolute atomic E-state index is 8.73. The van der Waals surface area contributed by atoms with E-state index in [0.29, 0.717) is 24.7 Å². The van der Waals surface area contributed by atoms with Gasteiger partial charge in [-0.3, -0.25) is 0 Å². The van der Waals surface area contributed by atoms with Gasteiger partial charge in [-0.25, -0.2) is 0 Å². The lowest BCUT2D eigenvalue weighted by atomic mass is 9.92. The standard InChI is InChI=1S/C17H26N2/c1-6-8-15(11-13(2)3)17(19)16(9-7-10-18)12-14(4)5/h1,9,13-14H,7-8,11-12,19H2,2-5H3/b16-9-,17-15-. The minimum absolute atomic E-state index is 0.397. The molecule has 0 unspecified atom stereocenters. The van der Waals surface area contributed by atoms with Crippen LogP contribution in [0.2, 0.25) is 0 Å². The van der Waals surface area contributed by atoms with Crippen LogP contribution in [0.15, 0.2) is 22.9 Å². The third-order valence-electron chi connectivity index (χ3n) is 2.76. The summed E-state index contributed by atoms with van der Waals surface area (Å²) < 4.78 is 0. The summed E-state index contributed by atoms with van der Waals surface area (Å²) in [4.78, 5) is 0. The summed E-state index contributed by atoms with van der Waals surface area (Å²) in [6, 6.07) is 2.14. The molecule has 0 bridgehead atoms. The Hall–Kier alpha value is -1.67. The van der Waals surface area contributed by atoms with Crippen LogP contribution in [0, 0.1) is 35.5 Å². The van der Waals surface area contributed by atoms with Gasteiger partial charge in [0.2, 0.25) is 0 Å². The Morgan fingerprint density at radius 3 is 2.21 bits per heavy atom. The predicted molar refractivity (Wildman–Crippen MR) is 81.9 cm³/mol. The first-order valence-electron chi connectivity index (χ1n) is 6.89. The van der Waals surface area contributed by atoms with Crippen molar-refractivity contribution in [3.63, 3.8) is 0 Å². The van der Waals surface area contributed by atoms with Gasteiger partial charge in [0.05, 0.1) is 12.5 Å². The van der Waals surface area contributed by atoms with Crippen molar-refractivity contribution in [1.29, 1.82) is 5.26 Å². The van der Waals surface area contributed by atoms with Gasteiger partial charge in [0.25, 0.3) is 0 Å². The number of rotatable bonds is 7. The van der Waals surface area contributed by atoms with Gasteiger partial charge in [-0.05, 0) is 35.8 Å². The Labute approximate surface area is 118 Å². The first-order chi connectivity index (χ1) is 8.92. The maximum atomic E-state index is 8.73. The summed E-state index contributed by atoms with van der Waals surface area (Å²) in [5.41, 5.74) is 9.29. The molecule has 0 aliphatic rings. The van der Waals surface area contributed by atoms with Gasteiger partial charge in [-0.1, -0.05) is 33.8 Å². The minimum atomic E-state index is 0.397. The summed E-state index contributed by atoms with van der Waals surface area (Å²) in [7, 11) is 0. The molecule has 2 nitrogen and oxygen atoms in total. The van der Waals surface area contributed by atoms with Crippen LogP contribution >= 0.6 is 0 Å². The number of nitrogens with zero attached hydrogens (tertiary/aromatic N) is 1. The topological polar surface area (TPSA) is 49.8 Å². The lowest BCUT2D eigenvalue weighted by Gasteiger charge is -2.16. The molecule has 0 saturated carbocycles. The molecular formula is C17H26N2. The molecule has 0 rings (SSSR count). The lowest BCUT2D eigenvalue weighted by molar-refractivity contribution is 0.621. The van der Waals surface area contributed by atoms with Crippen LogP contribution in [0.3, 0.4) is 0 Å². The van der Waals surface area contributed by atoms with Gasteiger partial charge in [-0.2, -0.15) is 5.26 Å². The molecule has 2 heteroatoms. The molecule has 0 aromatic carbocycles. The van der Waals surface area contributed by atoms with E-state index in [-0.39, 0.29) is 0 Å². The van der Waals surface area contributed by atoms with Crippen molar-refractivity contribution in [2.45, 2.75) is 53.4 Å². The highest BCUT2D eigenvalue weighted by Crippen LogP contribution is 2.24. The fourth-order valence-corrected chi connectivity index (χ4v) is 2.03. The second-order valence-electron chi connectivity index (χ2n) is 5.69. The summed E-state index contributed by atoms with van der Waals surface area (Å²) in [5.74, 6) is 3.72. The van der Waals surface area contributed by atoms with Crippen LogP contribution in [-0.4, -0.2) is 0 Å². The second kappa shape index (κ2) is 9.29. The smallest absolute Gasteiger partial charge is 0.0663 e. The Balaban J connectivity index is 5.35. The Bertz CT molecular complexity index is 412. The molecule has 0 aromatic rings. The average molecular weight is 258 g/mol. The van der Waals surface area contributed by atoms with Crippen LogP contribution in [-0.2, 0) is 0 Å². The van der Waals surface area contributed by atoms with E-state index >= 15 is 0 Å². The van der Waals surface area contributed by atoms with Gasteiger partial charge < -0.3 is 5.73 Å². The fraction of sp³-hybridized carbons (Fsp3) is 0.588. The number of allylic oxidation sites excluding steroid dienone is 3. The van der Waals surface area contributed by atoms with Gasteiger partial charge in [0, 0.05) is 12.1 Å². The molecule has 19 heavy (non-hydrogen) atoms. The van der Waals surface area contributed by atoms with Crippen molar-refractivity contribution < 1.29 is 0 Å². The van der Waals surface area contributed by atoms with Crippen molar-refractivity contribution >= 4 is 0 Å². The predicted octanol–water partition coefficient (Wildman–Crippen LogP) is 4.15. The number of hydrogen-bond donors (Lipinski definition) is 1. The zero-order valence-electron chi connectivity index (χ0n) is 12.7.